The number of ketones is 1. The Morgan fingerprint density at radius 3 is 2.50 bits per heavy atom. The Hall–Kier alpha value is -4.59. The Bertz CT molecular complexity index is 1560. The molecule has 3 heterocycles. The molecule has 6 rings (SSSR count). The van der Waals surface area contributed by atoms with Crippen molar-refractivity contribution in [1.82, 2.24) is 14.8 Å². The largest absolute Gasteiger partial charge is 0.454 e. The predicted octanol–water partition coefficient (Wildman–Crippen LogP) is 4.22. The van der Waals surface area contributed by atoms with Crippen molar-refractivity contribution in [1.29, 1.82) is 0 Å². The molecule has 0 aliphatic carbocycles. The van der Waals surface area contributed by atoms with Gasteiger partial charge >= 0.3 is 6.03 Å². The number of fused-ring (bicyclic) bond motifs is 2. The second-order valence-corrected chi connectivity index (χ2v) is 9.10. The summed E-state index contributed by atoms with van der Waals surface area (Å²) in [7, 11) is 1.91. The number of carbonyl (C=O) groups is 3. The van der Waals surface area contributed by atoms with Crippen LogP contribution in [0.1, 0.15) is 22.8 Å². The van der Waals surface area contributed by atoms with Crippen molar-refractivity contribution < 1.29 is 23.9 Å². The second kappa shape index (κ2) is 7.98. The van der Waals surface area contributed by atoms with Gasteiger partial charge in [-0.25, -0.2) is 4.79 Å². The number of para-hydroxylation sites is 1. The van der Waals surface area contributed by atoms with E-state index < -0.39 is 17.5 Å². The first-order valence-electron chi connectivity index (χ1n) is 11.6. The number of aromatic nitrogens is 1. The SMILES string of the molecule is Cn1c(-c2ccccc2)c(C(=O)CN2C(=O)N[C@@](C)(c3ccc4c(c3)OCO4)C2=O)c2ccccc21. The van der Waals surface area contributed by atoms with Gasteiger partial charge < -0.3 is 19.4 Å². The number of rotatable bonds is 5. The molecule has 0 radical (unpaired) electrons. The molecule has 1 atom stereocenters. The highest BCUT2D eigenvalue weighted by molar-refractivity contribution is 6.17. The monoisotopic (exact) mass is 481 g/mol. The maximum atomic E-state index is 13.8. The van der Waals surface area contributed by atoms with Crippen LogP contribution in [0.15, 0.2) is 72.8 Å². The summed E-state index contributed by atoms with van der Waals surface area (Å²) in [6, 6.07) is 21.7. The fourth-order valence-electron chi connectivity index (χ4n) is 5.08. The first kappa shape index (κ1) is 21.9. The molecule has 1 fully saturated rings. The number of benzene rings is 3. The van der Waals surface area contributed by atoms with Gasteiger partial charge in [-0.1, -0.05) is 54.6 Å². The molecule has 1 aromatic heterocycles. The number of ether oxygens (including phenoxy) is 2. The molecule has 180 valence electrons. The average Bonchev–Trinajstić information content (AvgIpc) is 3.54. The van der Waals surface area contributed by atoms with E-state index in [9.17, 15) is 14.4 Å². The van der Waals surface area contributed by atoms with Crippen LogP contribution in [0, 0.1) is 0 Å². The number of nitrogens with zero attached hydrogens (tertiary/aromatic N) is 2. The van der Waals surface area contributed by atoms with Gasteiger partial charge in [0.2, 0.25) is 6.79 Å². The minimum Gasteiger partial charge on any atom is -0.454 e. The van der Waals surface area contributed by atoms with Crippen molar-refractivity contribution in [2.45, 2.75) is 12.5 Å². The number of aryl methyl sites for hydroxylation is 1. The van der Waals surface area contributed by atoms with E-state index in [1.165, 1.54) is 0 Å². The number of amides is 3. The molecule has 2 aliphatic heterocycles. The number of hydrogen-bond donors (Lipinski definition) is 1. The standard InChI is InChI=1S/C28H23N3O5/c1-28(18-12-13-22-23(14-18)36-16-35-22)26(33)31(27(34)29-28)15-21(32)24-19-10-6-7-11-20(19)30(2)25(24)17-8-4-3-5-9-17/h3-14H,15-16H2,1-2H3,(H,29,34)/t28-/m0/s1. The first-order valence-corrected chi connectivity index (χ1v) is 11.6. The Kier molecular flexibility index (Phi) is 4.86. The third-order valence-corrected chi connectivity index (χ3v) is 6.96. The molecule has 1 saturated heterocycles. The number of nitrogens with one attached hydrogen (secondary N) is 1. The van der Waals surface area contributed by atoms with Crippen molar-refractivity contribution >= 4 is 28.6 Å². The van der Waals surface area contributed by atoms with Crippen molar-refractivity contribution in [3.05, 3.63) is 83.9 Å². The van der Waals surface area contributed by atoms with Crippen LogP contribution in [0.4, 0.5) is 4.79 Å². The summed E-state index contributed by atoms with van der Waals surface area (Å²) in [5, 5.41) is 3.54. The fourth-order valence-corrected chi connectivity index (χ4v) is 5.08. The van der Waals surface area contributed by atoms with E-state index in [2.05, 4.69) is 5.32 Å². The lowest BCUT2D eigenvalue weighted by Crippen LogP contribution is -2.41. The van der Waals surface area contributed by atoms with Gasteiger partial charge in [-0.15, -0.1) is 0 Å². The molecule has 0 unspecified atom stereocenters. The van der Waals surface area contributed by atoms with E-state index in [1.807, 2.05) is 66.2 Å². The zero-order valence-corrected chi connectivity index (χ0v) is 19.8. The summed E-state index contributed by atoms with van der Waals surface area (Å²) in [6.45, 7) is 1.35. The average molecular weight is 482 g/mol. The Morgan fingerprint density at radius 1 is 0.972 bits per heavy atom. The van der Waals surface area contributed by atoms with Gasteiger partial charge in [-0.2, -0.15) is 0 Å². The first-order chi connectivity index (χ1) is 17.4. The Morgan fingerprint density at radius 2 is 1.69 bits per heavy atom. The molecule has 8 heteroatoms. The van der Waals surface area contributed by atoms with Crippen molar-refractivity contribution in [3.8, 4) is 22.8 Å². The van der Waals surface area contributed by atoms with Crippen molar-refractivity contribution in [2.75, 3.05) is 13.3 Å². The molecular weight excluding hydrogens is 458 g/mol. The van der Waals surface area contributed by atoms with Gasteiger partial charge in [-0.05, 0) is 36.2 Å². The van der Waals surface area contributed by atoms with E-state index in [-0.39, 0.29) is 19.1 Å². The molecule has 4 aromatic rings. The topological polar surface area (TPSA) is 89.9 Å². The third kappa shape index (κ3) is 3.18. The van der Waals surface area contributed by atoms with Crippen LogP contribution in [0.25, 0.3) is 22.2 Å². The zero-order valence-electron chi connectivity index (χ0n) is 19.8. The summed E-state index contributed by atoms with van der Waals surface area (Å²) >= 11 is 0. The number of urea groups is 1. The smallest absolute Gasteiger partial charge is 0.325 e. The Balaban J connectivity index is 1.37. The molecular formula is C28H23N3O5. The van der Waals surface area contributed by atoms with E-state index in [1.54, 1.807) is 25.1 Å². The van der Waals surface area contributed by atoms with Gasteiger partial charge in [0.25, 0.3) is 5.91 Å². The van der Waals surface area contributed by atoms with Gasteiger partial charge in [-0.3, -0.25) is 14.5 Å². The molecule has 1 N–H and O–H groups in total. The summed E-state index contributed by atoms with van der Waals surface area (Å²) in [5.74, 6) is 0.273. The fraction of sp³-hybridized carbons (Fsp3) is 0.179. The molecule has 8 nitrogen and oxygen atoms in total. The van der Waals surface area contributed by atoms with E-state index >= 15 is 0 Å². The van der Waals surface area contributed by atoms with E-state index in [4.69, 9.17) is 9.47 Å². The lowest BCUT2D eigenvalue weighted by Gasteiger charge is -2.22. The quantitative estimate of drug-likeness (QED) is 0.341. The summed E-state index contributed by atoms with van der Waals surface area (Å²) in [5.41, 5.74) is 2.21. The van der Waals surface area contributed by atoms with E-state index in [0.717, 1.165) is 27.1 Å². The third-order valence-electron chi connectivity index (χ3n) is 6.96. The zero-order chi connectivity index (χ0) is 25.0. The number of Topliss-reactive ketones (excluding diaryl/α,β-unsaturated/α-hetero) is 1. The van der Waals surface area contributed by atoms with Gasteiger partial charge in [0.1, 0.15) is 5.54 Å². The maximum Gasteiger partial charge on any atom is 0.325 e. The molecule has 0 saturated carbocycles. The highest BCUT2D eigenvalue weighted by Crippen LogP contribution is 2.38. The number of carbonyl (C=O) groups excluding carboxylic acids is 3. The van der Waals surface area contributed by atoms with Gasteiger partial charge in [0, 0.05) is 18.0 Å². The Labute approximate surface area is 207 Å². The molecule has 3 aromatic carbocycles. The minimum atomic E-state index is -1.33. The summed E-state index contributed by atoms with van der Waals surface area (Å²) in [4.78, 5) is 41.3. The predicted molar refractivity (Wildman–Crippen MR) is 133 cm³/mol. The van der Waals surface area contributed by atoms with E-state index in [0.29, 0.717) is 22.6 Å². The van der Waals surface area contributed by atoms with Gasteiger partial charge in [0.15, 0.2) is 17.3 Å². The molecule has 0 spiro atoms. The van der Waals surface area contributed by atoms with Crippen LogP contribution < -0.4 is 14.8 Å². The van der Waals surface area contributed by atoms with Crippen LogP contribution in [-0.2, 0) is 17.4 Å². The molecule has 36 heavy (non-hydrogen) atoms. The highest BCUT2D eigenvalue weighted by Gasteiger charge is 2.50. The number of imide groups is 1. The lowest BCUT2D eigenvalue weighted by molar-refractivity contribution is -0.130. The van der Waals surface area contributed by atoms with Gasteiger partial charge in [0.05, 0.1) is 17.8 Å². The summed E-state index contributed by atoms with van der Waals surface area (Å²) < 4.78 is 12.8. The molecule has 3 amide bonds. The normalized spacial score (nSPS) is 18.7. The molecule has 0 bridgehead atoms. The minimum absolute atomic E-state index is 0.102. The van der Waals surface area contributed by atoms with Crippen LogP contribution in [-0.4, -0.2) is 40.5 Å². The van der Waals surface area contributed by atoms with Crippen LogP contribution >= 0.6 is 0 Å². The molecule has 2 aliphatic rings. The van der Waals surface area contributed by atoms with Crippen LogP contribution in [0.5, 0.6) is 11.5 Å². The van der Waals surface area contributed by atoms with Crippen molar-refractivity contribution in [2.24, 2.45) is 7.05 Å². The summed E-state index contributed by atoms with van der Waals surface area (Å²) in [6.07, 6.45) is 0. The second-order valence-electron chi connectivity index (χ2n) is 9.10. The van der Waals surface area contributed by atoms with Crippen LogP contribution in [0.2, 0.25) is 0 Å². The van der Waals surface area contributed by atoms with Crippen LogP contribution in [0.3, 0.4) is 0 Å². The highest BCUT2D eigenvalue weighted by atomic mass is 16.7. The number of hydrogen-bond acceptors (Lipinski definition) is 5. The lowest BCUT2D eigenvalue weighted by atomic mass is 9.91. The maximum absolute atomic E-state index is 13.8. The van der Waals surface area contributed by atoms with Crippen molar-refractivity contribution in [3.63, 3.8) is 0 Å².